The number of Topliss-reactive ketones (excluding diaryl/α,β-unsaturated/α-hetero) is 1. The Morgan fingerprint density at radius 3 is 2.34 bits per heavy atom. The molecular formula is C27H26N2O6. The second kappa shape index (κ2) is 9.89. The predicted octanol–water partition coefficient (Wildman–Crippen LogP) is 4.04. The van der Waals surface area contributed by atoms with Crippen molar-refractivity contribution in [1.29, 1.82) is 0 Å². The zero-order valence-corrected chi connectivity index (χ0v) is 19.9. The fraction of sp³-hybridized carbons (Fsp3) is 0.222. The van der Waals surface area contributed by atoms with Gasteiger partial charge in [0.25, 0.3) is 11.7 Å². The number of hydrogen-bond donors (Lipinski definition) is 1. The van der Waals surface area contributed by atoms with Gasteiger partial charge in [0, 0.05) is 36.1 Å². The van der Waals surface area contributed by atoms with Crippen LogP contribution in [0.25, 0.3) is 5.76 Å². The molecule has 1 N–H and O–H groups in total. The molecule has 0 aliphatic carbocycles. The van der Waals surface area contributed by atoms with Gasteiger partial charge in [-0.15, -0.1) is 0 Å². The number of methoxy groups -OCH3 is 3. The van der Waals surface area contributed by atoms with E-state index in [-0.39, 0.29) is 17.9 Å². The molecule has 1 aliphatic rings. The first-order valence-corrected chi connectivity index (χ1v) is 10.9. The number of hydrogen-bond acceptors (Lipinski definition) is 7. The summed E-state index contributed by atoms with van der Waals surface area (Å²) in [5, 5.41) is 11.4. The van der Waals surface area contributed by atoms with Crippen LogP contribution in [0.5, 0.6) is 17.2 Å². The number of pyridine rings is 1. The van der Waals surface area contributed by atoms with Gasteiger partial charge < -0.3 is 24.2 Å². The number of aliphatic hydroxyl groups is 1. The SMILES string of the molecule is COc1ccc(C(O)=C2C(=O)C(=O)N(Cc3cccnc3)[C@H]2c2ccc(OC)cc2OC)c(C)c1. The third kappa shape index (κ3) is 4.42. The molecule has 1 aromatic heterocycles. The van der Waals surface area contributed by atoms with Gasteiger partial charge >= 0.3 is 0 Å². The van der Waals surface area contributed by atoms with Crippen LogP contribution in [0.2, 0.25) is 0 Å². The molecule has 0 saturated carbocycles. The summed E-state index contributed by atoms with van der Waals surface area (Å²) >= 11 is 0. The molecule has 2 aromatic carbocycles. The van der Waals surface area contributed by atoms with E-state index in [0.717, 1.165) is 5.56 Å². The highest BCUT2D eigenvalue weighted by Gasteiger charge is 2.47. The molecule has 0 unspecified atom stereocenters. The Bertz CT molecular complexity index is 1300. The first-order chi connectivity index (χ1) is 16.9. The van der Waals surface area contributed by atoms with Gasteiger partial charge in [-0.3, -0.25) is 14.6 Å². The average molecular weight is 475 g/mol. The van der Waals surface area contributed by atoms with Gasteiger partial charge in [-0.2, -0.15) is 0 Å². The molecule has 180 valence electrons. The number of rotatable bonds is 7. The number of likely N-dealkylation sites (tertiary alicyclic amines) is 1. The number of carbonyl (C=O) groups excluding carboxylic acids is 2. The second-order valence-corrected chi connectivity index (χ2v) is 8.08. The number of benzene rings is 2. The Balaban J connectivity index is 1.93. The zero-order valence-electron chi connectivity index (χ0n) is 19.9. The molecule has 3 aromatic rings. The van der Waals surface area contributed by atoms with E-state index in [1.165, 1.54) is 19.1 Å². The van der Waals surface area contributed by atoms with E-state index in [1.807, 2.05) is 6.07 Å². The molecule has 1 fully saturated rings. The van der Waals surface area contributed by atoms with E-state index in [0.29, 0.717) is 33.9 Å². The minimum atomic E-state index is -0.891. The van der Waals surface area contributed by atoms with Crippen LogP contribution in [0, 0.1) is 6.92 Å². The number of ketones is 1. The lowest BCUT2D eigenvalue weighted by molar-refractivity contribution is -0.140. The smallest absolute Gasteiger partial charge is 0.295 e. The summed E-state index contributed by atoms with van der Waals surface area (Å²) in [5.74, 6) is -0.163. The Morgan fingerprint density at radius 1 is 1.00 bits per heavy atom. The Hall–Kier alpha value is -4.33. The standard InChI is InChI=1S/C27H26N2O6/c1-16-12-18(33-2)7-9-20(16)25(30)23-24(21-10-8-19(34-3)13-22(21)35-4)29(27(32)26(23)31)15-17-6-5-11-28-14-17/h5-14,24,30H,15H2,1-4H3/t24-/m0/s1. The Morgan fingerprint density at radius 2 is 1.71 bits per heavy atom. The molecule has 8 heteroatoms. The Labute approximate surface area is 203 Å². The van der Waals surface area contributed by atoms with Crippen molar-refractivity contribution in [3.8, 4) is 17.2 Å². The Kier molecular flexibility index (Phi) is 6.73. The topological polar surface area (TPSA) is 98.2 Å². The van der Waals surface area contributed by atoms with Gasteiger partial charge in [0.2, 0.25) is 0 Å². The van der Waals surface area contributed by atoms with Crippen LogP contribution in [0.4, 0.5) is 0 Å². The molecule has 35 heavy (non-hydrogen) atoms. The summed E-state index contributed by atoms with van der Waals surface area (Å²) in [7, 11) is 4.59. The van der Waals surface area contributed by atoms with Gasteiger partial charge in [0.15, 0.2) is 0 Å². The van der Waals surface area contributed by atoms with Crippen molar-refractivity contribution in [3.63, 3.8) is 0 Å². The summed E-state index contributed by atoms with van der Waals surface area (Å²) in [6.45, 7) is 1.92. The maximum absolute atomic E-state index is 13.3. The zero-order chi connectivity index (χ0) is 25.1. The molecule has 1 amide bonds. The van der Waals surface area contributed by atoms with Crippen molar-refractivity contribution in [2.24, 2.45) is 0 Å². The number of aromatic nitrogens is 1. The lowest BCUT2D eigenvalue weighted by atomic mass is 9.93. The van der Waals surface area contributed by atoms with Gasteiger partial charge in [-0.05, 0) is 54.4 Å². The number of ether oxygens (including phenoxy) is 3. The van der Waals surface area contributed by atoms with Crippen LogP contribution in [0.3, 0.4) is 0 Å². The van der Waals surface area contributed by atoms with E-state index >= 15 is 0 Å². The number of aryl methyl sites for hydroxylation is 1. The molecule has 4 rings (SSSR count). The minimum absolute atomic E-state index is 0.0179. The van der Waals surface area contributed by atoms with Gasteiger partial charge in [-0.1, -0.05) is 6.07 Å². The highest BCUT2D eigenvalue weighted by molar-refractivity contribution is 6.46. The van der Waals surface area contributed by atoms with Crippen molar-refractivity contribution < 1.29 is 28.9 Å². The van der Waals surface area contributed by atoms with Crippen molar-refractivity contribution in [3.05, 3.63) is 88.8 Å². The summed E-state index contributed by atoms with van der Waals surface area (Å²) < 4.78 is 16.2. The lowest BCUT2D eigenvalue weighted by Gasteiger charge is -2.27. The summed E-state index contributed by atoms with van der Waals surface area (Å²) in [6, 6.07) is 12.9. The van der Waals surface area contributed by atoms with Gasteiger partial charge in [0.1, 0.15) is 23.0 Å². The van der Waals surface area contributed by atoms with Crippen molar-refractivity contribution >= 4 is 17.4 Å². The number of carbonyl (C=O) groups is 2. The molecule has 1 aliphatic heterocycles. The fourth-order valence-corrected chi connectivity index (χ4v) is 4.27. The molecule has 8 nitrogen and oxygen atoms in total. The van der Waals surface area contributed by atoms with E-state index in [4.69, 9.17) is 14.2 Å². The van der Waals surface area contributed by atoms with Gasteiger partial charge in [0.05, 0.1) is 32.9 Å². The van der Waals surface area contributed by atoms with Crippen LogP contribution in [-0.2, 0) is 16.1 Å². The van der Waals surface area contributed by atoms with Crippen LogP contribution in [0.1, 0.15) is 28.3 Å². The maximum atomic E-state index is 13.3. The average Bonchev–Trinajstić information content (AvgIpc) is 3.13. The van der Waals surface area contributed by atoms with E-state index in [1.54, 1.807) is 68.9 Å². The maximum Gasteiger partial charge on any atom is 0.295 e. The quantitative estimate of drug-likeness (QED) is 0.314. The third-order valence-electron chi connectivity index (χ3n) is 6.04. The van der Waals surface area contributed by atoms with Gasteiger partial charge in [-0.25, -0.2) is 0 Å². The molecular weight excluding hydrogens is 448 g/mol. The number of aliphatic hydroxyl groups excluding tert-OH is 1. The first-order valence-electron chi connectivity index (χ1n) is 10.9. The summed E-state index contributed by atoms with van der Waals surface area (Å²) in [4.78, 5) is 32.2. The molecule has 1 atom stereocenters. The normalized spacial score (nSPS) is 16.9. The van der Waals surface area contributed by atoms with Crippen LogP contribution in [0.15, 0.2) is 66.5 Å². The van der Waals surface area contributed by atoms with E-state index in [9.17, 15) is 14.7 Å². The summed E-state index contributed by atoms with van der Waals surface area (Å²) in [5.41, 5.74) is 2.40. The number of nitrogens with zero attached hydrogens (tertiary/aromatic N) is 2. The molecule has 0 bridgehead atoms. The van der Waals surface area contributed by atoms with Crippen molar-refractivity contribution in [2.45, 2.75) is 19.5 Å². The minimum Gasteiger partial charge on any atom is -0.507 e. The van der Waals surface area contributed by atoms with E-state index < -0.39 is 17.7 Å². The van der Waals surface area contributed by atoms with Crippen LogP contribution < -0.4 is 14.2 Å². The second-order valence-electron chi connectivity index (χ2n) is 8.08. The monoisotopic (exact) mass is 474 g/mol. The number of amides is 1. The van der Waals surface area contributed by atoms with Crippen LogP contribution in [-0.4, -0.2) is 48.0 Å². The largest absolute Gasteiger partial charge is 0.507 e. The summed E-state index contributed by atoms with van der Waals surface area (Å²) in [6.07, 6.45) is 3.27. The highest BCUT2D eigenvalue weighted by atomic mass is 16.5. The fourth-order valence-electron chi connectivity index (χ4n) is 4.27. The van der Waals surface area contributed by atoms with Crippen molar-refractivity contribution in [1.82, 2.24) is 9.88 Å². The predicted molar refractivity (Wildman–Crippen MR) is 129 cm³/mol. The first kappa shape index (κ1) is 23.8. The lowest BCUT2D eigenvalue weighted by Crippen LogP contribution is -2.29. The molecule has 0 radical (unpaired) electrons. The third-order valence-corrected chi connectivity index (χ3v) is 6.04. The van der Waals surface area contributed by atoms with Crippen molar-refractivity contribution in [2.75, 3.05) is 21.3 Å². The molecule has 1 saturated heterocycles. The molecule has 0 spiro atoms. The highest BCUT2D eigenvalue weighted by Crippen LogP contribution is 2.44. The van der Waals surface area contributed by atoms with Crippen LogP contribution >= 0.6 is 0 Å². The molecule has 2 heterocycles. The van der Waals surface area contributed by atoms with E-state index in [2.05, 4.69) is 4.98 Å².